The number of aromatic amines is 1. The van der Waals surface area contributed by atoms with E-state index in [-0.39, 0.29) is 5.56 Å². The van der Waals surface area contributed by atoms with Gasteiger partial charge in [0.15, 0.2) is 0 Å². The Morgan fingerprint density at radius 2 is 2.29 bits per heavy atom. The number of nitrogens with zero attached hydrogens (tertiary/aromatic N) is 1. The van der Waals surface area contributed by atoms with Crippen LogP contribution in [0.25, 0.3) is 0 Å². The molecular formula is C10H17N3O. The molecule has 0 unspecified atom stereocenters. The molecule has 1 aromatic heterocycles. The molecule has 0 saturated carbocycles. The highest BCUT2D eigenvalue weighted by Crippen LogP contribution is 2.04. The van der Waals surface area contributed by atoms with Gasteiger partial charge in [0.05, 0.1) is 5.69 Å². The topological polar surface area (TPSA) is 71.8 Å². The van der Waals surface area contributed by atoms with Crippen LogP contribution < -0.4 is 11.3 Å². The van der Waals surface area contributed by atoms with Crippen LogP contribution in [0.4, 0.5) is 0 Å². The van der Waals surface area contributed by atoms with E-state index in [9.17, 15) is 4.79 Å². The molecule has 0 atom stereocenters. The lowest BCUT2D eigenvalue weighted by molar-refractivity contribution is 0.572. The van der Waals surface area contributed by atoms with Crippen molar-refractivity contribution in [3.63, 3.8) is 0 Å². The second-order valence-corrected chi connectivity index (χ2v) is 3.82. The Kier molecular flexibility index (Phi) is 3.83. The van der Waals surface area contributed by atoms with E-state index in [1.54, 1.807) is 0 Å². The number of nitrogens with one attached hydrogen (secondary N) is 1. The summed E-state index contributed by atoms with van der Waals surface area (Å²) in [6, 6.07) is 1.44. The molecule has 0 bridgehead atoms. The lowest BCUT2D eigenvalue weighted by Gasteiger charge is -2.04. The molecule has 14 heavy (non-hydrogen) atoms. The average Bonchev–Trinajstić information content (AvgIpc) is 2.14. The van der Waals surface area contributed by atoms with Crippen molar-refractivity contribution in [2.45, 2.75) is 33.2 Å². The van der Waals surface area contributed by atoms with Gasteiger partial charge < -0.3 is 10.7 Å². The molecular weight excluding hydrogens is 178 g/mol. The maximum atomic E-state index is 11.2. The molecule has 0 saturated heterocycles. The summed E-state index contributed by atoms with van der Waals surface area (Å²) in [6.07, 6.45) is 1.83. The number of hydrogen-bond donors (Lipinski definition) is 2. The second kappa shape index (κ2) is 4.91. The van der Waals surface area contributed by atoms with Gasteiger partial charge in [-0.15, -0.1) is 0 Å². The van der Waals surface area contributed by atoms with Crippen LogP contribution in [0, 0.1) is 5.92 Å². The van der Waals surface area contributed by atoms with Crippen LogP contribution in [0.3, 0.4) is 0 Å². The third-order valence-corrected chi connectivity index (χ3v) is 2.01. The van der Waals surface area contributed by atoms with Crippen molar-refractivity contribution in [1.29, 1.82) is 0 Å². The summed E-state index contributed by atoms with van der Waals surface area (Å²) in [5.74, 6) is 1.36. The smallest absolute Gasteiger partial charge is 0.251 e. The Bertz CT molecular complexity index is 343. The van der Waals surface area contributed by atoms with Crippen molar-refractivity contribution in [3.8, 4) is 0 Å². The molecule has 0 radical (unpaired) electrons. The largest absolute Gasteiger partial charge is 0.325 e. The summed E-state index contributed by atoms with van der Waals surface area (Å²) >= 11 is 0. The molecule has 0 aliphatic heterocycles. The molecule has 0 fully saturated rings. The fourth-order valence-electron chi connectivity index (χ4n) is 1.21. The third-order valence-electron chi connectivity index (χ3n) is 2.01. The summed E-state index contributed by atoms with van der Waals surface area (Å²) in [7, 11) is 0. The van der Waals surface area contributed by atoms with Crippen molar-refractivity contribution in [1.82, 2.24) is 9.97 Å². The zero-order chi connectivity index (χ0) is 10.6. The van der Waals surface area contributed by atoms with Gasteiger partial charge in [-0.1, -0.05) is 13.8 Å². The normalized spacial score (nSPS) is 10.9. The van der Waals surface area contributed by atoms with Gasteiger partial charge >= 0.3 is 0 Å². The lowest BCUT2D eigenvalue weighted by atomic mass is 10.1. The molecule has 0 spiro atoms. The number of nitrogens with two attached hydrogens (primary N) is 1. The fourth-order valence-corrected chi connectivity index (χ4v) is 1.21. The van der Waals surface area contributed by atoms with Gasteiger partial charge in [0.2, 0.25) is 0 Å². The van der Waals surface area contributed by atoms with E-state index in [0.717, 1.165) is 18.7 Å². The molecule has 4 heteroatoms. The monoisotopic (exact) mass is 195 g/mol. The van der Waals surface area contributed by atoms with Gasteiger partial charge in [0.25, 0.3) is 5.56 Å². The van der Waals surface area contributed by atoms with Crippen molar-refractivity contribution in [2.24, 2.45) is 11.7 Å². The average molecular weight is 195 g/mol. The Morgan fingerprint density at radius 1 is 1.57 bits per heavy atom. The highest BCUT2D eigenvalue weighted by atomic mass is 16.1. The van der Waals surface area contributed by atoms with Crippen LogP contribution in [0.15, 0.2) is 10.9 Å². The van der Waals surface area contributed by atoms with Gasteiger partial charge in [0.1, 0.15) is 5.82 Å². The molecule has 0 amide bonds. The molecule has 3 N–H and O–H groups in total. The fraction of sp³-hybridized carbons (Fsp3) is 0.600. The van der Waals surface area contributed by atoms with E-state index in [4.69, 9.17) is 5.73 Å². The first kappa shape index (κ1) is 10.9. The first-order valence-corrected chi connectivity index (χ1v) is 4.91. The quantitative estimate of drug-likeness (QED) is 0.747. The first-order chi connectivity index (χ1) is 6.61. The van der Waals surface area contributed by atoms with E-state index in [1.807, 2.05) is 0 Å². The van der Waals surface area contributed by atoms with Crippen LogP contribution in [-0.2, 0) is 13.0 Å². The second-order valence-electron chi connectivity index (χ2n) is 3.82. The minimum absolute atomic E-state index is 0.112. The number of rotatable bonds is 4. The molecule has 4 nitrogen and oxygen atoms in total. The predicted molar refractivity (Wildman–Crippen MR) is 55.9 cm³/mol. The molecule has 1 heterocycles. The maximum absolute atomic E-state index is 11.2. The minimum Gasteiger partial charge on any atom is -0.325 e. The number of hydrogen-bond acceptors (Lipinski definition) is 3. The third kappa shape index (κ3) is 3.30. The van der Waals surface area contributed by atoms with E-state index < -0.39 is 0 Å². The molecule has 0 aliphatic carbocycles. The summed E-state index contributed by atoms with van der Waals surface area (Å²) in [6.45, 7) is 4.61. The highest BCUT2D eigenvalue weighted by molar-refractivity contribution is 5.02. The van der Waals surface area contributed by atoms with Gasteiger partial charge in [-0.3, -0.25) is 4.79 Å². The molecule has 0 aliphatic rings. The Labute approximate surface area is 83.6 Å². The van der Waals surface area contributed by atoms with Crippen LogP contribution in [0.1, 0.15) is 31.8 Å². The molecule has 1 aromatic rings. The van der Waals surface area contributed by atoms with Crippen molar-refractivity contribution >= 4 is 0 Å². The van der Waals surface area contributed by atoms with E-state index in [2.05, 4.69) is 23.8 Å². The van der Waals surface area contributed by atoms with Gasteiger partial charge in [0, 0.05) is 19.0 Å². The Balaban J connectivity index is 2.76. The summed E-state index contributed by atoms with van der Waals surface area (Å²) in [5.41, 5.74) is 5.98. The lowest BCUT2D eigenvalue weighted by Crippen LogP contribution is -2.15. The van der Waals surface area contributed by atoms with Crippen LogP contribution in [0.2, 0.25) is 0 Å². The zero-order valence-electron chi connectivity index (χ0n) is 8.71. The zero-order valence-corrected chi connectivity index (χ0v) is 8.71. The number of aromatic nitrogens is 2. The van der Waals surface area contributed by atoms with Crippen molar-refractivity contribution < 1.29 is 0 Å². The summed E-state index contributed by atoms with van der Waals surface area (Å²) in [4.78, 5) is 18.1. The number of H-pyrrole nitrogens is 1. The Morgan fingerprint density at radius 3 is 2.86 bits per heavy atom. The maximum Gasteiger partial charge on any atom is 0.251 e. The Hall–Kier alpha value is -1.16. The van der Waals surface area contributed by atoms with Crippen LogP contribution in [-0.4, -0.2) is 9.97 Å². The minimum atomic E-state index is -0.112. The van der Waals surface area contributed by atoms with Gasteiger partial charge in [-0.2, -0.15) is 0 Å². The van der Waals surface area contributed by atoms with Gasteiger partial charge in [-0.25, -0.2) is 4.98 Å². The number of aryl methyl sites for hydroxylation is 1. The SMILES string of the molecule is CC(C)CCc1nc(CN)cc(=O)[nH]1. The molecule has 78 valence electrons. The predicted octanol–water partition coefficient (Wildman–Crippen LogP) is 0.817. The van der Waals surface area contributed by atoms with Crippen molar-refractivity contribution in [3.05, 3.63) is 27.9 Å². The van der Waals surface area contributed by atoms with E-state index in [1.165, 1.54) is 6.07 Å². The van der Waals surface area contributed by atoms with Gasteiger partial charge in [-0.05, 0) is 12.3 Å². The molecule has 0 aromatic carbocycles. The first-order valence-electron chi connectivity index (χ1n) is 4.91. The highest BCUT2D eigenvalue weighted by Gasteiger charge is 2.01. The van der Waals surface area contributed by atoms with E-state index in [0.29, 0.717) is 18.2 Å². The van der Waals surface area contributed by atoms with E-state index >= 15 is 0 Å². The molecule has 1 rings (SSSR count). The van der Waals surface area contributed by atoms with Crippen LogP contribution >= 0.6 is 0 Å². The summed E-state index contributed by atoms with van der Waals surface area (Å²) < 4.78 is 0. The standard InChI is InChI=1S/C10H17N3O/c1-7(2)3-4-9-12-8(6-11)5-10(14)13-9/h5,7H,3-4,6,11H2,1-2H3,(H,12,13,14). The van der Waals surface area contributed by atoms with Crippen molar-refractivity contribution in [2.75, 3.05) is 0 Å². The summed E-state index contributed by atoms with van der Waals surface area (Å²) in [5, 5.41) is 0. The van der Waals surface area contributed by atoms with Crippen LogP contribution in [0.5, 0.6) is 0 Å².